The highest BCUT2D eigenvalue weighted by molar-refractivity contribution is 5.54. The molecule has 0 aliphatic rings. The zero-order valence-corrected chi connectivity index (χ0v) is 7.64. The van der Waals surface area contributed by atoms with Gasteiger partial charge in [0.2, 0.25) is 0 Å². The molecule has 0 aliphatic carbocycles. The molecule has 5 heteroatoms. The van der Waals surface area contributed by atoms with Crippen LogP contribution in [0.4, 0.5) is 8.78 Å². The van der Waals surface area contributed by atoms with Gasteiger partial charge in [0.25, 0.3) is 6.43 Å². The topological polar surface area (TPSA) is 38.7 Å². The molecule has 76 valence electrons. The fourth-order valence-corrected chi connectivity index (χ4v) is 1.20. The van der Waals surface area contributed by atoms with E-state index in [2.05, 4.69) is 15.0 Å². The maximum absolute atomic E-state index is 12.6. The average Bonchev–Trinajstić information content (AvgIpc) is 2.30. The number of aromatic nitrogens is 3. The minimum atomic E-state index is -2.57. The van der Waals surface area contributed by atoms with Gasteiger partial charge in [-0.25, -0.2) is 18.7 Å². The van der Waals surface area contributed by atoms with Gasteiger partial charge in [0, 0.05) is 24.2 Å². The number of hydrogen-bond acceptors (Lipinski definition) is 3. The Labute approximate surface area is 84.8 Å². The first-order valence-corrected chi connectivity index (χ1v) is 4.29. The van der Waals surface area contributed by atoms with Gasteiger partial charge >= 0.3 is 0 Å². The van der Waals surface area contributed by atoms with Gasteiger partial charge in [-0.2, -0.15) is 0 Å². The van der Waals surface area contributed by atoms with Crippen LogP contribution in [0.25, 0.3) is 11.5 Å². The summed E-state index contributed by atoms with van der Waals surface area (Å²) in [4.78, 5) is 11.6. The fourth-order valence-electron chi connectivity index (χ4n) is 1.20. The molecule has 2 aromatic rings. The van der Waals surface area contributed by atoms with E-state index in [0.717, 1.165) is 0 Å². The van der Waals surface area contributed by atoms with Crippen LogP contribution in [0.2, 0.25) is 0 Å². The van der Waals surface area contributed by atoms with E-state index in [0.29, 0.717) is 0 Å². The molecule has 0 aliphatic heterocycles. The Hall–Kier alpha value is -1.91. The van der Waals surface area contributed by atoms with Crippen molar-refractivity contribution in [2.75, 3.05) is 0 Å². The van der Waals surface area contributed by atoms with E-state index in [1.165, 1.54) is 30.7 Å². The summed E-state index contributed by atoms with van der Waals surface area (Å²) in [5.41, 5.74) is -0.0169. The van der Waals surface area contributed by atoms with E-state index in [1.54, 1.807) is 6.07 Å². The van der Waals surface area contributed by atoms with Gasteiger partial charge in [-0.1, -0.05) is 0 Å². The molecule has 0 unspecified atom stereocenters. The minimum absolute atomic E-state index is 0.133. The molecule has 0 bridgehead atoms. The number of pyridine rings is 1. The van der Waals surface area contributed by atoms with E-state index in [4.69, 9.17) is 0 Å². The van der Waals surface area contributed by atoms with Gasteiger partial charge in [0.05, 0.1) is 0 Å². The first-order chi connectivity index (χ1) is 7.29. The van der Waals surface area contributed by atoms with Crippen LogP contribution < -0.4 is 0 Å². The molecule has 3 nitrogen and oxygen atoms in total. The van der Waals surface area contributed by atoms with Crippen molar-refractivity contribution in [3.05, 3.63) is 42.4 Å². The summed E-state index contributed by atoms with van der Waals surface area (Å²) in [6.45, 7) is 0. The van der Waals surface area contributed by atoms with Gasteiger partial charge in [-0.15, -0.1) is 0 Å². The molecule has 15 heavy (non-hydrogen) atoms. The van der Waals surface area contributed by atoms with Crippen LogP contribution >= 0.6 is 0 Å². The van der Waals surface area contributed by atoms with Crippen molar-refractivity contribution < 1.29 is 8.78 Å². The third-order valence-corrected chi connectivity index (χ3v) is 1.85. The molecule has 0 aromatic carbocycles. The van der Waals surface area contributed by atoms with Crippen molar-refractivity contribution in [2.45, 2.75) is 6.43 Å². The molecule has 0 saturated heterocycles. The first-order valence-electron chi connectivity index (χ1n) is 4.29. The molecule has 0 amide bonds. The summed E-state index contributed by atoms with van der Waals surface area (Å²) in [5.74, 6) is 0.216. The zero-order valence-electron chi connectivity index (χ0n) is 7.64. The van der Waals surface area contributed by atoms with Crippen LogP contribution in [0.1, 0.15) is 12.0 Å². The quantitative estimate of drug-likeness (QED) is 0.759. The van der Waals surface area contributed by atoms with E-state index in [1.807, 2.05) is 0 Å². The molecule has 0 spiro atoms. The van der Waals surface area contributed by atoms with Crippen molar-refractivity contribution >= 4 is 0 Å². The van der Waals surface area contributed by atoms with Crippen molar-refractivity contribution in [3.63, 3.8) is 0 Å². The van der Waals surface area contributed by atoms with E-state index < -0.39 is 6.43 Å². The second kappa shape index (κ2) is 4.08. The Morgan fingerprint density at radius 1 is 0.933 bits per heavy atom. The van der Waals surface area contributed by atoms with E-state index in [-0.39, 0.29) is 17.1 Å². The maximum Gasteiger partial charge on any atom is 0.266 e. The molecular weight excluding hydrogens is 200 g/mol. The van der Waals surface area contributed by atoms with Gasteiger partial charge in [0.15, 0.2) is 5.82 Å². The second-order valence-electron chi connectivity index (χ2n) is 2.81. The summed E-state index contributed by atoms with van der Waals surface area (Å²) in [6, 6.07) is 4.41. The standard InChI is InChI=1S/C10H7F2N3/c11-9(12)7-3-1-4-13-8(7)10-14-5-2-6-15-10/h1-6,9H. The third kappa shape index (κ3) is 1.96. The van der Waals surface area contributed by atoms with E-state index in [9.17, 15) is 8.78 Å². The lowest BCUT2D eigenvalue weighted by molar-refractivity contribution is 0.151. The molecule has 0 fully saturated rings. The summed E-state index contributed by atoms with van der Waals surface area (Å²) in [7, 11) is 0. The highest BCUT2D eigenvalue weighted by atomic mass is 19.3. The van der Waals surface area contributed by atoms with Gasteiger partial charge < -0.3 is 0 Å². The number of nitrogens with zero attached hydrogens (tertiary/aromatic N) is 3. The van der Waals surface area contributed by atoms with E-state index >= 15 is 0 Å². The molecule has 2 aromatic heterocycles. The largest absolute Gasteiger partial charge is 0.266 e. The van der Waals surface area contributed by atoms with Crippen molar-refractivity contribution in [3.8, 4) is 11.5 Å². The lowest BCUT2D eigenvalue weighted by Gasteiger charge is -2.04. The summed E-state index contributed by atoms with van der Waals surface area (Å²) in [6.07, 6.45) is 1.85. The third-order valence-electron chi connectivity index (χ3n) is 1.85. The Morgan fingerprint density at radius 2 is 1.60 bits per heavy atom. The van der Waals surface area contributed by atoms with Gasteiger partial charge in [0.1, 0.15) is 5.69 Å². The fraction of sp³-hybridized carbons (Fsp3) is 0.100. The van der Waals surface area contributed by atoms with Crippen LogP contribution in [0.5, 0.6) is 0 Å². The Kier molecular flexibility index (Phi) is 2.62. The summed E-state index contributed by atoms with van der Waals surface area (Å²) in [5, 5.41) is 0. The highest BCUT2D eigenvalue weighted by Crippen LogP contribution is 2.26. The van der Waals surface area contributed by atoms with Crippen molar-refractivity contribution in [2.24, 2.45) is 0 Å². The molecule has 0 radical (unpaired) electrons. The Balaban J connectivity index is 2.53. The minimum Gasteiger partial charge on any atom is -0.252 e. The van der Waals surface area contributed by atoms with Crippen LogP contribution in [0.3, 0.4) is 0 Å². The molecule has 0 atom stereocenters. The van der Waals surface area contributed by atoms with Crippen LogP contribution in [0.15, 0.2) is 36.8 Å². The molecule has 0 N–H and O–H groups in total. The predicted molar refractivity (Wildman–Crippen MR) is 50.2 cm³/mol. The van der Waals surface area contributed by atoms with Crippen molar-refractivity contribution in [1.29, 1.82) is 0 Å². The SMILES string of the molecule is FC(F)c1cccnc1-c1ncccn1. The Morgan fingerprint density at radius 3 is 2.27 bits per heavy atom. The number of alkyl halides is 2. The molecule has 0 saturated carbocycles. The van der Waals surface area contributed by atoms with Crippen LogP contribution in [-0.2, 0) is 0 Å². The zero-order chi connectivity index (χ0) is 10.7. The average molecular weight is 207 g/mol. The van der Waals surface area contributed by atoms with Gasteiger partial charge in [-0.3, -0.25) is 4.98 Å². The number of hydrogen-bond donors (Lipinski definition) is 0. The Bertz CT molecular complexity index is 445. The monoisotopic (exact) mass is 207 g/mol. The first kappa shape index (κ1) is 9.64. The second-order valence-corrected chi connectivity index (χ2v) is 2.81. The van der Waals surface area contributed by atoms with Gasteiger partial charge in [-0.05, 0) is 18.2 Å². The summed E-state index contributed by atoms with van der Waals surface area (Å²) >= 11 is 0. The smallest absolute Gasteiger partial charge is 0.252 e. The normalized spacial score (nSPS) is 10.6. The van der Waals surface area contributed by atoms with Crippen LogP contribution in [0, 0.1) is 0 Å². The molecular formula is C10H7F2N3. The highest BCUT2D eigenvalue weighted by Gasteiger charge is 2.16. The predicted octanol–water partition coefficient (Wildman–Crippen LogP) is 2.48. The summed E-state index contributed by atoms with van der Waals surface area (Å²) < 4.78 is 25.2. The molecule has 2 rings (SSSR count). The maximum atomic E-state index is 12.6. The number of rotatable bonds is 2. The lowest BCUT2D eigenvalue weighted by atomic mass is 10.2. The van der Waals surface area contributed by atoms with Crippen LogP contribution in [-0.4, -0.2) is 15.0 Å². The lowest BCUT2D eigenvalue weighted by Crippen LogP contribution is -1.96. The molecule has 2 heterocycles. The van der Waals surface area contributed by atoms with Crippen molar-refractivity contribution in [1.82, 2.24) is 15.0 Å². The number of halogens is 2.